The third-order valence-corrected chi connectivity index (χ3v) is 5.43. The minimum absolute atomic E-state index is 0.200. The number of hydrogen-bond donors (Lipinski definition) is 3. The third kappa shape index (κ3) is 6.79. The van der Waals surface area contributed by atoms with Crippen molar-refractivity contribution >= 4 is 11.7 Å². The van der Waals surface area contributed by atoms with Crippen LogP contribution in [0.2, 0.25) is 0 Å². The molecule has 0 aliphatic carbocycles. The molecule has 0 aliphatic rings. The van der Waals surface area contributed by atoms with E-state index in [4.69, 9.17) is 10.8 Å². The maximum Gasteiger partial charge on any atom is 0.338 e. The number of nitrogens with two attached hydrogens (primary N) is 1. The number of carboxylic acid groups (broad SMARTS) is 1. The molecule has 0 atom stereocenters. The van der Waals surface area contributed by atoms with Crippen LogP contribution >= 0.6 is 0 Å². The lowest BCUT2D eigenvalue weighted by atomic mass is 10.0. The molecule has 4 rings (SSSR count). The van der Waals surface area contributed by atoms with Gasteiger partial charge in [0.05, 0.1) is 31.0 Å². The van der Waals surface area contributed by atoms with Gasteiger partial charge in [-0.1, -0.05) is 24.3 Å². The number of aryl methyl sites for hydroxylation is 3. The van der Waals surface area contributed by atoms with Crippen LogP contribution in [0.5, 0.6) is 0 Å². The smallest absolute Gasteiger partial charge is 0.338 e. The van der Waals surface area contributed by atoms with Crippen molar-refractivity contribution in [1.29, 1.82) is 0 Å². The molecule has 4 N–H and O–H groups in total. The van der Waals surface area contributed by atoms with E-state index in [-0.39, 0.29) is 5.56 Å². The largest absolute Gasteiger partial charge is 0.478 e. The van der Waals surface area contributed by atoms with Crippen molar-refractivity contribution in [3.8, 4) is 0 Å². The van der Waals surface area contributed by atoms with Crippen molar-refractivity contribution < 1.29 is 9.90 Å². The molecule has 2 heterocycles. The van der Waals surface area contributed by atoms with E-state index in [0.717, 1.165) is 29.9 Å². The maximum absolute atomic E-state index is 10.8. The first kappa shape index (κ1) is 24.7. The SMILES string of the molecule is CNCc1c(C)cc(N)cc1C.Cc1cnn(Cc2ccc(Cn3cc(C(=O)O)cn3)cc2)c1. The van der Waals surface area contributed by atoms with Gasteiger partial charge in [-0.2, -0.15) is 10.2 Å². The Morgan fingerprint density at radius 2 is 1.47 bits per heavy atom. The predicted molar refractivity (Wildman–Crippen MR) is 134 cm³/mol. The fraction of sp³-hybridized carbons (Fsp3) is 0.269. The molecule has 0 saturated carbocycles. The summed E-state index contributed by atoms with van der Waals surface area (Å²) in [4.78, 5) is 10.8. The van der Waals surface area contributed by atoms with Crippen LogP contribution < -0.4 is 11.1 Å². The Balaban J connectivity index is 0.000000229. The molecular weight excluding hydrogens is 428 g/mol. The van der Waals surface area contributed by atoms with E-state index in [2.05, 4.69) is 29.4 Å². The molecule has 2 aromatic heterocycles. The van der Waals surface area contributed by atoms with Crippen molar-refractivity contribution in [2.45, 2.75) is 40.4 Å². The van der Waals surface area contributed by atoms with Gasteiger partial charge < -0.3 is 16.2 Å². The highest BCUT2D eigenvalue weighted by molar-refractivity contribution is 5.86. The Morgan fingerprint density at radius 1 is 0.941 bits per heavy atom. The second kappa shape index (κ2) is 11.3. The van der Waals surface area contributed by atoms with E-state index in [1.807, 2.05) is 67.4 Å². The Morgan fingerprint density at radius 3 is 1.91 bits per heavy atom. The molecule has 0 radical (unpaired) electrons. The van der Waals surface area contributed by atoms with Crippen molar-refractivity contribution in [2.75, 3.05) is 12.8 Å². The van der Waals surface area contributed by atoms with Crippen LogP contribution in [-0.4, -0.2) is 37.7 Å². The van der Waals surface area contributed by atoms with Crippen molar-refractivity contribution in [1.82, 2.24) is 24.9 Å². The first-order valence-electron chi connectivity index (χ1n) is 11.1. The summed E-state index contributed by atoms with van der Waals surface area (Å²) in [6.45, 7) is 8.40. The Labute approximate surface area is 200 Å². The van der Waals surface area contributed by atoms with Gasteiger partial charge in [0, 0.05) is 24.6 Å². The second-order valence-corrected chi connectivity index (χ2v) is 8.43. The van der Waals surface area contributed by atoms with E-state index in [1.165, 1.54) is 34.6 Å². The summed E-state index contributed by atoms with van der Waals surface area (Å²) in [6, 6.07) is 12.2. The molecular formula is C26H32N6O2. The lowest BCUT2D eigenvalue weighted by Crippen LogP contribution is -2.08. The van der Waals surface area contributed by atoms with E-state index < -0.39 is 5.97 Å². The molecule has 4 aromatic rings. The van der Waals surface area contributed by atoms with E-state index in [1.54, 1.807) is 4.68 Å². The third-order valence-electron chi connectivity index (χ3n) is 5.43. The molecule has 0 fully saturated rings. The van der Waals surface area contributed by atoms with Gasteiger partial charge in [-0.25, -0.2) is 4.79 Å². The molecule has 0 aliphatic heterocycles. The van der Waals surface area contributed by atoms with Crippen LogP contribution in [0, 0.1) is 20.8 Å². The van der Waals surface area contributed by atoms with Gasteiger partial charge in [-0.3, -0.25) is 9.36 Å². The summed E-state index contributed by atoms with van der Waals surface area (Å²) in [5, 5.41) is 20.3. The molecule has 8 nitrogen and oxygen atoms in total. The molecule has 0 unspecified atom stereocenters. The molecule has 8 heteroatoms. The van der Waals surface area contributed by atoms with Crippen LogP contribution in [-0.2, 0) is 19.6 Å². The average molecular weight is 461 g/mol. The highest BCUT2D eigenvalue weighted by Crippen LogP contribution is 2.17. The number of carboxylic acids is 1. The highest BCUT2D eigenvalue weighted by Gasteiger charge is 2.06. The number of aromatic nitrogens is 4. The van der Waals surface area contributed by atoms with Gasteiger partial charge in [0.1, 0.15) is 0 Å². The summed E-state index contributed by atoms with van der Waals surface area (Å²) in [6.07, 6.45) is 6.73. The number of rotatable bonds is 7. The molecule has 0 saturated heterocycles. The number of aromatic carboxylic acids is 1. The fourth-order valence-corrected chi connectivity index (χ4v) is 3.72. The van der Waals surface area contributed by atoms with Gasteiger partial charge in [0.25, 0.3) is 0 Å². The molecule has 0 bridgehead atoms. The van der Waals surface area contributed by atoms with Gasteiger partial charge in [-0.15, -0.1) is 0 Å². The van der Waals surface area contributed by atoms with Crippen molar-refractivity contribution in [3.05, 3.63) is 100 Å². The number of nitrogen functional groups attached to an aromatic ring is 1. The summed E-state index contributed by atoms with van der Waals surface area (Å²) in [7, 11) is 1.95. The number of nitrogens with zero attached hydrogens (tertiary/aromatic N) is 4. The Kier molecular flexibility index (Phi) is 8.21. The van der Waals surface area contributed by atoms with E-state index >= 15 is 0 Å². The van der Waals surface area contributed by atoms with Crippen LogP contribution in [0.1, 0.15) is 43.7 Å². The quantitative estimate of drug-likeness (QED) is 0.362. The zero-order chi connectivity index (χ0) is 24.7. The monoisotopic (exact) mass is 460 g/mol. The summed E-state index contributed by atoms with van der Waals surface area (Å²) in [5.74, 6) is -0.962. The first-order chi connectivity index (χ1) is 16.2. The van der Waals surface area contributed by atoms with Crippen molar-refractivity contribution in [2.24, 2.45) is 0 Å². The number of benzene rings is 2. The van der Waals surface area contributed by atoms with E-state index in [9.17, 15) is 4.79 Å². The standard InChI is InChI=1S/C16H16N4O2.C10H16N2/c1-12-6-17-19(8-12)9-13-2-4-14(5-3-13)10-20-11-15(7-18-20)16(21)22;1-7-4-9(11)5-8(2)10(7)6-12-3/h2-8,11H,9-10H2,1H3,(H,21,22);4-5,12H,6,11H2,1-3H3. The molecule has 0 spiro atoms. The highest BCUT2D eigenvalue weighted by atomic mass is 16.4. The number of hydrogen-bond acceptors (Lipinski definition) is 5. The zero-order valence-electron chi connectivity index (χ0n) is 20.1. The van der Waals surface area contributed by atoms with Crippen molar-refractivity contribution in [3.63, 3.8) is 0 Å². The summed E-state index contributed by atoms with van der Waals surface area (Å²) >= 11 is 0. The predicted octanol–water partition coefficient (Wildman–Crippen LogP) is 3.79. The summed E-state index contributed by atoms with van der Waals surface area (Å²) < 4.78 is 3.52. The normalized spacial score (nSPS) is 10.6. The van der Waals surface area contributed by atoms with Crippen LogP contribution in [0.4, 0.5) is 5.69 Å². The van der Waals surface area contributed by atoms with Crippen LogP contribution in [0.25, 0.3) is 0 Å². The number of nitrogens with one attached hydrogen (secondary N) is 1. The minimum Gasteiger partial charge on any atom is -0.478 e. The van der Waals surface area contributed by atoms with Gasteiger partial charge in [0.15, 0.2) is 0 Å². The zero-order valence-corrected chi connectivity index (χ0v) is 20.1. The Hall–Kier alpha value is -3.91. The average Bonchev–Trinajstić information content (AvgIpc) is 3.41. The second-order valence-electron chi connectivity index (χ2n) is 8.43. The van der Waals surface area contributed by atoms with Crippen LogP contribution in [0.3, 0.4) is 0 Å². The number of carbonyl (C=O) groups is 1. The molecule has 2 aromatic carbocycles. The lowest BCUT2D eigenvalue weighted by Gasteiger charge is -2.09. The number of anilines is 1. The maximum atomic E-state index is 10.8. The topological polar surface area (TPSA) is 111 Å². The summed E-state index contributed by atoms with van der Waals surface area (Å²) in [5.41, 5.74) is 14.0. The van der Waals surface area contributed by atoms with Gasteiger partial charge >= 0.3 is 5.97 Å². The van der Waals surface area contributed by atoms with Gasteiger partial charge in [0.2, 0.25) is 0 Å². The molecule has 0 amide bonds. The first-order valence-corrected chi connectivity index (χ1v) is 11.1. The van der Waals surface area contributed by atoms with Crippen LogP contribution in [0.15, 0.2) is 61.2 Å². The minimum atomic E-state index is -0.962. The van der Waals surface area contributed by atoms with Gasteiger partial charge in [-0.05, 0) is 73.3 Å². The molecule has 178 valence electrons. The molecule has 34 heavy (non-hydrogen) atoms. The Bertz CT molecular complexity index is 1220. The lowest BCUT2D eigenvalue weighted by molar-refractivity contribution is 0.0696. The van der Waals surface area contributed by atoms with E-state index in [0.29, 0.717) is 6.54 Å². The fourth-order valence-electron chi connectivity index (χ4n) is 3.72.